The van der Waals surface area contributed by atoms with E-state index in [1.54, 1.807) is 36.2 Å². The molecule has 1 amide bonds. The molecule has 0 bridgehead atoms. The highest BCUT2D eigenvalue weighted by Crippen LogP contribution is 2.28. The number of likely N-dealkylation sites (N-methyl/N-ethyl adjacent to an activating group) is 1. The molecule has 11 heteroatoms. The summed E-state index contributed by atoms with van der Waals surface area (Å²) in [7, 11) is 1.69. The van der Waals surface area contributed by atoms with Gasteiger partial charge in [-0.2, -0.15) is 0 Å². The molecule has 9 nitrogen and oxygen atoms in total. The van der Waals surface area contributed by atoms with Gasteiger partial charge in [-0.3, -0.25) is 9.59 Å². The maximum Gasteiger partial charge on any atom is 0.308 e. The number of ether oxygens (including phenoxy) is 2. The molecular weight excluding hydrogens is 486 g/mol. The van der Waals surface area contributed by atoms with E-state index in [9.17, 15) is 9.59 Å². The second-order valence-corrected chi connectivity index (χ2v) is 11.1. The molecule has 0 unspecified atom stereocenters. The number of carbonyl (C=O) groups excluding carboxylic acids is 2. The normalized spacial score (nSPS) is 11.5. The third kappa shape index (κ3) is 8.44. The SMILES string of the molecule is Cc1cc(-n2ccnc2)ccc1CSc1nnc(C(=O)N(C)CCOCCC(=O)OC(C)(C)C)s1. The van der Waals surface area contributed by atoms with Crippen molar-refractivity contribution in [2.24, 2.45) is 0 Å². The van der Waals surface area contributed by atoms with Crippen LogP contribution >= 0.6 is 23.1 Å². The van der Waals surface area contributed by atoms with E-state index < -0.39 is 5.60 Å². The Bertz CT molecular complexity index is 1130. The molecule has 0 saturated heterocycles. The van der Waals surface area contributed by atoms with Crippen LogP contribution in [0.15, 0.2) is 41.3 Å². The average Bonchev–Trinajstić information content (AvgIpc) is 3.48. The summed E-state index contributed by atoms with van der Waals surface area (Å²) in [5.74, 6) is 0.233. The summed E-state index contributed by atoms with van der Waals surface area (Å²) in [6.45, 7) is 8.51. The summed E-state index contributed by atoms with van der Waals surface area (Å²) < 4.78 is 13.4. The molecule has 0 N–H and O–H groups in total. The van der Waals surface area contributed by atoms with Crippen molar-refractivity contribution in [2.45, 2.75) is 49.8 Å². The van der Waals surface area contributed by atoms with Gasteiger partial charge in [-0.15, -0.1) is 10.2 Å². The van der Waals surface area contributed by atoms with Crippen LogP contribution in [0.2, 0.25) is 0 Å². The van der Waals surface area contributed by atoms with Gasteiger partial charge in [-0.1, -0.05) is 29.2 Å². The van der Waals surface area contributed by atoms with Gasteiger partial charge in [0.25, 0.3) is 5.91 Å². The van der Waals surface area contributed by atoms with Crippen LogP contribution in [-0.4, -0.2) is 68.9 Å². The molecule has 2 heterocycles. The Kier molecular flexibility index (Phi) is 9.41. The molecule has 0 aliphatic rings. The molecule has 0 aliphatic heterocycles. The molecule has 2 aromatic heterocycles. The lowest BCUT2D eigenvalue weighted by Gasteiger charge is -2.19. The maximum atomic E-state index is 12.7. The molecule has 1 aromatic carbocycles. The number of benzene rings is 1. The van der Waals surface area contributed by atoms with Gasteiger partial charge in [0.1, 0.15) is 5.60 Å². The van der Waals surface area contributed by atoms with E-state index in [1.807, 2.05) is 31.5 Å². The first-order valence-electron chi connectivity index (χ1n) is 11.2. The number of aromatic nitrogens is 4. The van der Waals surface area contributed by atoms with Crippen molar-refractivity contribution in [2.75, 3.05) is 26.8 Å². The number of rotatable bonds is 11. The number of hydrogen-bond donors (Lipinski definition) is 0. The maximum absolute atomic E-state index is 12.7. The number of nitrogens with zero attached hydrogens (tertiary/aromatic N) is 5. The van der Waals surface area contributed by atoms with Gasteiger partial charge in [0.2, 0.25) is 5.01 Å². The molecule has 0 atom stereocenters. The van der Waals surface area contributed by atoms with Gasteiger partial charge < -0.3 is 18.9 Å². The lowest BCUT2D eigenvalue weighted by molar-refractivity contribution is -0.156. The van der Waals surface area contributed by atoms with E-state index in [-0.39, 0.29) is 24.9 Å². The summed E-state index contributed by atoms with van der Waals surface area (Å²) in [6.07, 6.45) is 5.62. The van der Waals surface area contributed by atoms with Gasteiger partial charge in [-0.05, 0) is 51.0 Å². The molecule has 35 heavy (non-hydrogen) atoms. The number of esters is 1. The predicted octanol–water partition coefficient (Wildman–Crippen LogP) is 4.14. The van der Waals surface area contributed by atoms with E-state index in [4.69, 9.17) is 9.47 Å². The third-order valence-electron chi connectivity index (χ3n) is 4.86. The van der Waals surface area contributed by atoms with Crippen LogP contribution in [-0.2, 0) is 20.0 Å². The largest absolute Gasteiger partial charge is 0.460 e. The zero-order chi connectivity index (χ0) is 25.4. The number of imidazole rings is 1. The van der Waals surface area contributed by atoms with E-state index in [0.717, 1.165) is 15.8 Å². The van der Waals surface area contributed by atoms with Crippen LogP contribution in [0, 0.1) is 6.92 Å². The Balaban J connectivity index is 1.41. The minimum atomic E-state index is -0.507. The van der Waals surface area contributed by atoms with Gasteiger partial charge in [-0.25, -0.2) is 4.98 Å². The van der Waals surface area contributed by atoms with Gasteiger partial charge in [0.15, 0.2) is 4.34 Å². The lowest BCUT2D eigenvalue weighted by atomic mass is 10.1. The number of hydrogen-bond acceptors (Lipinski definition) is 9. The second kappa shape index (κ2) is 12.3. The standard InChI is InChI=1S/C24H31N5O4S2/c1-17-14-19(29-10-9-25-16-29)7-6-18(17)15-34-23-27-26-21(35-23)22(31)28(5)11-13-32-12-8-20(30)33-24(2,3)4/h6-7,9-10,14,16H,8,11-13,15H2,1-5H3. The van der Waals surface area contributed by atoms with Gasteiger partial charge in [0, 0.05) is 37.4 Å². The first-order valence-corrected chi connectivity index (χ1v) is 13.0. The monoisotopic (exact) mass is 517 g/mol. The number of aryl methyl sites for hydroxylation is 1. The quantitative estimate of drug-likeness (QED) is 0.213. The zero-order valence-electron chi connectivity index (χ0n) is 20.7. The summed E-state index contributed by atoms with van der Waals surface area (Å²) in [6, 6.07) is 6.28. The molecule has 3 aromatic rings. The molecule has 3 rings (SSSR count). The molecule has 0 saturated carbocycles. The number of thioether (sulfide) groups is 1. The minimum absolute atomic E-state index is 0.178. The summed E-state index contributed by atoms with van der Waals surface area (Å²) in [5.41, 5.74) is 2.93. The fraction of sp³-hybridized carbons (Fsp3) is 0.458. The lowest BCUT2D eigenvalue weighted by Crippen LogP contribution is -2.30. The first kappa shape index (κ1) is 26.8. The number of amides is 1. The van der Waals surface area contributed by atoms with Crippen molar-refractivity contribution in [1.29, 1.82) is 0 Å². The highest BCUT2D eigenvalue weighted by molar-refractivity contribution is 8.00. The highest BCUT2D eigenvalue weighted by Gasteiger charge is 2.18. The summed E-state index contributed by atoms with van der Waals surface area (Å²) in [4.78, 5) is 30.0. The van der Waals surface area contributed by atoms with Crippen molar-refractivity contribution >= 4 is 35.0 Å². The topological polar surface area (TPSA) is 99.4 Å². The van der Waals surface area contributed by atoms with E-state index >= 15 is 0 Å². The molecule has 0 aliphatic carbocycles. The van der Waals surface area contributed by atoms with E-state index in [0.29, 0.717) is 18.2 Å². The Morgan fingerprint density at radius 1 is 1.20 bits per heavy atom. The van der Waals surface area contributed by atoms with Gasteiger partial charge in [0.05, 0.1) is 26.0 Å². The van der Waals surface area contributed by atoms with E-state index in [1.165, 1.54) is 22.5 Å². The summed E-state index contributed by atoms with van der Waals surface area (Å²) in [5, 5.41) is 8.58. The second-order valence-electron chi connectivity index (χ2n) is 8.92. The molecule has 0 radical (unpaired) electrons. The van der Waals surface area contributed by atoms with Crippen molar-refractivity contribution in [3.63, 3.8) is 0 Å². The van der Waals surface area contributed by atoms with Crippen molar-refractivity contribution < 1.29 is 19.1 Å². The molecular formula is C24H31N5O4S2. The molecule has 0 fully saturated rings. The fourth-order valence-corrected chi connectivity index (χ4v) is 4.95. The Morgan fingerprint density at radius 2 is 2.00 bits per heavy atom. The van der Waals surface area contributed by atoms with Crippen molar-refractivity contribution in [1.82, 2.24) is 24.6 Å². The van der Waals surface area contributed by atoms with Crippen LogP contribution < -0.4 is 0 Å². The first-order chi connectivity index (χ1) is 16.6. The average molecular weight is 518 g/mol. The summed E-state index contributed by atoms with van der Waals surface area (Å²) >= 11 is 2.84. The van der Waals surface area contributed by atoms with Crippen LogP contribution in [0.4, 0.5) is 0 Å². The van der Waals surface area contributed by atoms with Crippen molar-refractivity contribution in [3.05, 3.63) is 53.1 Å². The third-order valence-corrected chi connectivity index (χ3v) is 6.95. The predicted molar refractivity (Wildman–Crippen MR) is 136 cm³/mol. The van der Waals surface area contributed by atoms with Crippen LogP contribution in [0.25, 0.3) is 5.69 Å². The smallest absolute Gasteiger partial charge is 0.308 e. The van der Waals surface area contributed by atoms with E-state index in [2.05, 4.69) is 40.3 Å². The Hall–Kier alpha value is -2.76. The van der Waals surface area contributed by atoms with Crippen LogP contribution in [0.1, 0.15) is 48.1 Å². The van der Waals surface area contributed by atoms with Crippen LogP contribution in [0.5, 0.6) is 0 Å². The zero-order valence-corrected chi connectivity index (χ0v) is 22.3. The Labute approximate surface area is 213 Å². The molecule has 188 valence electrons. The fourth-order valence-electron chi connectivity index (χ4n) is 3.02. The number of carbonyl (C=O) groups is 2. The van der Waals surface area contributed by atoms with Gasteiger partial charge >= 0.3 is 5.97 Å². The minimum Gasteiger partial charge on any atom is -0.460 e. The molecule has 0 spiro atoms. The van der Waals surface area contributed by atoms with Crippen LogP contribution in [0.3, 0.4) is 0 Å². The Morgan fingerprint density at radius 3 is 2.69 bits per heavy atom. The van der Waals surface area contributed by atoms with Crippen molar-refractivity contribution in [3.8, 4) is 5.69 Å². The highest BCUT2D eigenvalue weighted by atomic mass is 32.2.